The number of hydrogen-bond acceptors (Lipinski definition) is 3. The molecule has 0 atom stereocenters. The molecule has 2 aromatic rings. The Morgan fingerprint density at radius 1 is 0.957 bits per heavy atom. The maximum atomic E-state index is 13.5. The molecule has 0 saturated carbocycles. The van der Waals surface area contributed by atoms with Crippen molar-refractivity contribution in [2.24, 2.45) is 0 Å². The summed E-state index contributed by atoms with van der Waals surface area (Å²) in [4.78, 5) is 0. The van der Waals surface area contributed by atoms with Crippen LogP contribution < -0.4 is 14.8 Å². The van der Waals surface area contributed by atoms with E-state index < -0.39 is 0 Å². The van der Waals surface area contributed by atoms with Crippen LogP contribution in [-0.2, 0) is 6.42 Å². The molecule has 1 N–H and O–H groups in total. The second-order valence-corrected chi connectivity index (χ2v) is 5.73. The summed E-state index contributed by atoms with van der Waals surface area (Å²) in [7, 11) is 0. The molecule has 3 nitrogen and oxygen atoms in total. The Morgan fingerprint density at radius 3 is 2.39 bits per heavy atom. The van der Waals surface area contributed by atoms with Gasteiger partial charge in [0.1, 0.15) is 23.4 Å². The average Bonchev–Trinajstić information content (AvgIpc) is 2.59. The van der Waals surface area contributed by atoms with E-state index >= 15 is 0 Å². The molecule has 2 aromatic carbocycles. The van der Waals surface area contributed by atoms with Crippen molar-refractivity contribution in [3.8, 4) is 11.5 Å². The van der Waals surface area contributed by atoms with Crippen molar-refractivity contribution >= 4 is 0 Å². The molecule has 0 spiro atoms. The van der Waals surface area contributed by atoms with E-state index in [9.17, 15) is 4.39 Å². The van der Waals surface area contributed by atoms with Crippen molar-refractivity contribution in [2.45, 2.75) is 25.4 Å². The molecule has 1 aliphatic rings. The van der Waals surface area contributed by atoms with E-state index in [1.807, 2.05) is 30.3 Å². The van der Waals surface area contributed by atoms with E-state index in [0.717, 1.165) is 37.4 Å². The third kappa shape index (κ3) is 4.70. The van der Waals surface area contributed by atoms with Crippen molar-refractivity contribution in [3.63, 3.8) is 0 Å². The summed E-state index contributed by atoms with van der Waals surface area (Å²) in [6, 6.07) is 14.5. The summed E-state index contributed by atoms with van der Waals surface area (Å²) in [5, 5.41) is 3.32. The molecule has 0 unspecified atom stereocenters. The lowest BCUT2D eigenvalue weighted by atomic mass is 10.1. The summed E-state index contributed by atoms with van der Waals surface area (Å²) >= 11 is 0. The molecular weight excluding hydrogens is 293 g/mol. The Bertz CT molecular complexity index is 609. The minimum absolute atomic E-state index is 0.179. The lowest BCUT2D eigenvalue weighted by molar-refractivity contribution is 0.162. The molecule has 0 radical (unpaired) electrons. The van der Waals surface area contributed by atoms with Crippen LogP contribution in [0.5, 0.6) is 11.5 Å². The standard InChI is InChI=1S/C19H22FNO2/c20-19-4-2-1-3-15(19)11-14-22-16-5-7-17(8-6-16)23-18-9-12-21-13-10-18/h1-8,18,21H,9-14H2. The van der Waals surface area contributed by atoms with Crippen molar-refractivity contribution in [1.82, 2.24) is 5.32 Å². The molecule has 0 aromatic heterocycles. The Hall–Kier alpha value is -2.07. The van der Waals surface area contributed by atoms with Crippen LogP contribution >= 0.6 is 0 Å². The van der Waals surface area contributed by atoms with Crippen LogP contribution in [-0.4, -0.2) is 25.8 Å². The smallest absolute Gasteiger partial charge is 0.126 e. The van der Waals surface area contributed by atoms with Gasteiger partial charge >= 0.3 is 0 Å². The third-order valence-electron chi connectivity index (χ3n) is 4.01. The maximum Gasteiger partial charge on any atom is 0.126 e. The lowest BCUT2D eigenvalue weighted by Gasteiger charge is -2.23. The Morgan fingerprint density at radius 2 is 1.65 bits per heavy atom. The second kappa shape index (κ2) is 7.97. The molecule has 0 aliphatic carbocycles. The fourth-order valence-electron chi connectivity index (χ4n) is 2.70. The fourth-order valence-corrected chi connectivity index (χ4v) is 2.70. The van der Waals surface area contributed by atoms with Gasteiger partial charge in [0.15, 0.2) is 0 Å². The van der Waals surface area contributed by atoms with E-state index in [1.54, 1.807) is 12.1 Å². The molecule has 1 heterocycles. The SMILES string of the molecule is Fc1ccccc1CCOc1ccc(OC2CCNCC2)cc1. The molecule has 1 saturated heterocycles. The van der Waals surface area contributed by atoms with Gasteiger partial charge in [-0.05, 0) is 61.8 Å². The van der Waals surface area contributed by atoms with E-state index in [0.29, 0.717) is 24.7 Å². The van der Waals surface area contributed by atoms with Gasteiger partial charge in [0, 0.05) is 6.42 Å². The highest BCUT2D eigenvalue weighted by Crippen LogP contribution is 2.21. The number of rotatable bonds is 6. The second-order valence-electron chi connectivity index (χ2n) is 5.73. The predicted octanol–water partition coefficient (Wildman–Crippen LogP) is 3.58. The Labute approximate surface area is 136 Å². The zero-order valence-corrected chi connectivity index (χ0v) is 13.1. The van der Waals surface area contributed by atoms with Crippen LogP contribution in [0.1, 0.15) is 18.4 Å². The summed E-state index contributed by atoms with van der Waals surface area (Å²) in [6.07, 6.45) is 2.94. The van der Waals surface area contributed by atoms with Gasteiger partial charge in [-0.15, -0.1) is 0 Å². The van der Waals surface area contributed by atoms with Gasteiger partial charge in [-0.1, -0.05) is 18.2 Å². The fraction of sp³-hybridized carbons (Fsp3) is 0.368. The number of piperidine rings is 1. The van der Waals surface area contributed by atoms with Gasteiger partial charge in [-0.3, -0.25) is 0 Å². The highest BCUT2D eigenvalue weighted by molar-refractivity contribution is 5.31. The molecule has 4 heteroatoms. The molecule has 1 fully saturated rings. The van der Waals surface area contributed by atoms with Crippen LogP contribution in [0.4, 0.5) is 4.39 Å². The normalized spacial score (nSPS) is 15.3. The number of halogens is 1. The van der Waals surface area contributed by atoms with Crippen LogP contribution in [0.2, 0.25) is 0 Å². The van der Waals surface area contributed by atoms with E-state index in [4.69, 9.17) is 9.47 Å². The summed E-state index contributed by atoms with van der Waals surface area (Å²) < 4.78 is 25.1. The molecule has 23 heavy (non-hydrogen) atoms. The first-order chi connectivity index (χ1) is 11.3. The minimum atomic E-state index is -0.179. The first-order valence-electron chi connectivity index (χ1n) is 8.15. The third-order valence-corrected chi connectivity index (χ3v) is 4.01. The summed E-state index contributed by atoms with van der Waals surface area (Å²) in [6.45, 7) is 2.49. The van der Waals surface area contributed by atoms with Gasteiger partial charge in [0.25, 0.3) is 0 Å². The molecule has 3 rings (SSSR count). The largest absolute Gasteiger partial charge is 0.493 e. The zero-order valence-electron chi connectivity index (χ0n) is 13.1. The monoisotopic (exact) mass is 315 g/mol. The number of hydrogen-bond donors (Lipinski definition) is 1. The van der Waals surface area contributed by atoms with Gasteiger partial charge in [-0.2, -0.15) is 0 Å². The van der Waals surface area contributed by atoms with Crippen LogP contribution in [0.15, 0.2) is 48.5 Å². The Kier molecular flexibility index (Phi) is 5.48. The van der Waals surface area contributed by atoms with Crippen molar-refractivity contribution in [3.05, 3.63) is 59.9 Å². The van der Waals surface area contributed by atoms with Crippen molar-refractivity contribution < 1.29 is 13.9 Å². The molecular formula is C19H22FNO2. The summed E-state index contributed by atoms with van der Waals surface area (Å²) in [5.41, 5.74) is 0.679. The molecule has 0 bridgehead atoms. The number of benzene rings is 2. The highest BCUT2D eigenvalue weighted by Gasteiger charge is 2.14. The van der Waals surface area contributed by atoms with Crippen molar-refractivity contribution in [2.75, 3.05) is 19.7 Å². The van der Waals surface area contributed by atoms with E-state index in [1.165, 1.54) is 6.07 Å². The molecule has 122 valence electrons. The first-order valence-corrected chi connectivity index (χ1v) is 8.15. The van der Waals surface area contributed by atoms with Gasteiger partial charge < -0.3 is 14.8 Å². The van der Waals surface area contributed by atoms with E-state index in [2.05, 4.69) is 5.32 Å². The molecule has 0 amide bonds. The number of ether oxygens (including phenoxy) is 2. The topological polar surface area (TPSA) is 30.5 Å². The summed E-state index contributed by atoms with van der Waals surface area (Å²) in [5.74, 6) is 1.47. The maximum absolute atomic E-state index is 13.5. The van der Waals surface area contributed by atoms with Gasteiger partial charge in [0.2, 0.25) is 0 Å². The van der Waals surface area contributed by atoms with Gasteiger partial charge in [0.05, 0.1) is 6.61 Å². The van der Waals surface area contributed by atoms with Crippen LogP contribution in [0, 0.1) is 5.82 Å². The van der Waals surface area contributed by atoms with Crippen LogP contribution in [0.25, 0.3) is 0 Å². The first kappa shape index (κ1) is 15.8. The number of nitrogens with one attached hydrogen (secondary N) is 1. The minimum Gasteiger partial charge on any atom is -0.493 e. The van der Waals surface area contributed by atoms with Gasteiger partial charge in [-0.25, -0.2) is 4.39 Å². The van der Waals surface area contributed by atoms with Crippen molar-refractivity contribution in [1.29, 1.82) is 0 Å². The quantitative estimate of drug-likeness (QED) is 0.884. The van der Waals surface area contributed by atoms with E-state index in [-0.39, 0.29) is 5.82 Å². The Balaban J connectivity index is 1.46. The van der Waals surface area contributed by atoms with Crippen LogP contribution in [0.3, 0.4) is 0 Å². The average molecular weight is 315 g/mol. The highest BCUT2D eigenvalue weighted by atomic mass is 19.1. The lowest BCUT2D eigenvalue weighted by Crippen LogP contribution is -2.34. The predicted molar refractivity (Wildman–Crippen MR) is 88.6 cm³/mol. The zero-order chi connectivity index (χ0) is 15.9. The molecule has 1 aliphatic heterocycles.